The van der Waals surface area contributed by atoms with Crippen LogP contribution in [0.2, 0.25) is 0 Å². The number of hydrogen-bond donors (Lipinski definition) is 3. The number of anilines is 1. The standard InChI is InChI=1S/C17H22N2O4S2/c1-12(2)17(21)19-14-3-5-15(6-4-14)25(22,23)18-9-7-16(20)13-8-10-24-11-13/h3-6,8,10-12,16,18,20H,7,9H2,1-2H3,(H,19,21)/t16-/m1/s1. The number of aliphatic hydroxyl groups excluding tert-OH is 1. The Balaban J connectivity index is 1.91. The number of thiophene rings is 1. The van der Waals surface area contributed by atoms with Gasteiger partial charge in [0.2, 0.25) is 15.9 Å². The average molecular weight is 383 g/mol. The minimum absolute atomic E-state index is 0.111. The maximum Gasteiger partial charge on any atom is 0.240 e. The van der Waals surface area contributed by atoms with Gasteiger partial charge >= 0.3 is 0 Å². The van der Waals surface area contributed by atoms with Crippen LogP contribution >= 0.6 is 11.3 Å². The molecule has 1 aromatic carbocycles. The van der Waals surface area contributed by atoms with Crippen LogP contribution in [-0.2, 0) is 14.8 Å². The van der Waals surface area contributed by atoms with Crippen molar-refractivity contribution in [3.63, 3.8) is 0 Å². The molecule has 2 rings (SSSR count). The fraction of sp³-hybridized carbons (Fsp3) is 0.353. The van der Waals surface area contributed by atoms with Crippen molar-refractivity contribution in [2.75, 3.05) is 11.9 Å². The topological polar surface area (TPSA) is 95.5 Å². The SMILES string of the molecule is CC(C)C(=O)Nc1ccc(S(=O)(=O)NCC[C@@H](O)c2ccsc2)cc1. The van der Waals surface area contributed by atoms with Crippen LogP contribution in [0.1, 0.15) is 31.9 Å². The molecule has 6 nitrogen and oxygen atoms in total. The number of amides is 1. The van der Waals surface area contributed by atoms with Crippen LogP contribution in [-0.4, -0.2) is 26.0 Å². The zero-order valence-electron chi connectivity index (χ0n) is 14.1. The molecule has 136 valence electrons. The summed E-state index contributed by atoms with van der Waals surface area (Å²) in [6, 6.07) is 7.79. The molecule has 3 N–H and O–H groups in total. The van der Waals surface area contributed by atoms with Crippen molar-refractivity contribution in [3.05, 3.63) is 46.7 Å². The van der Waals surface area contributed by atoms with Crippen LogP contribution in [0.15, 0.2) is 46.0 Å². The van der Waals surface area contributed by atoms with Gasteiger partial charge in [-0.2, -0.15) is 11.3 Å². The molecule has 25 heavy (non-hydrogen) atoms. The molecule has 1 amide bonds. The predicted octanol–water partition coefficient (Wildman–Crippen LogP) is 2.74. The Bertz CT molecular complexity index is 785. The molecular formula is C17H22N2O4S2. The Hall–Kier alpha value is -1.74. The second-order valence-electron chi connectivity index (χ2n) is 5.93. The van der Waals surface area contributed by atoms with E-state index >= 15 is 0 Å². The van der Waals surface area contributed by atoms with E-state index in [0.29, 0.717) is 12.1 Å². The highest BCUT2D eigenvalue weighted by Gasteiger charge is 2.15. The van der Waals surface area contributed by atoms with Crippen molar-refractivity contribution < 1.29 is 18.3 Å². The zero-order chi connectivity index (χ0) is 18.4. The smallest absolute Gasteiger partial charge is 0.240 e. The molecular weight excluding hydrogens is 360 g/mol. The largest absolute Gasteiger partial charge is 0.388 e. The Morgan fingerprint density at radius 3 is 2.44 bits per heavy atom. The van der Waals surface area contributed by atoms with Crippen LogP contribution in [0, 0.1) is 5.92 Å². The van der Waals surface area contributed by atoms with Gasteiger partial charge in [-0.1, -0.05) is 13.8 Å². The van der Waals surface area contributed by atoms with Gasteiger partial charge in [0.05, 0.1) is 11.0 Å². The van der Waals surface area contributed by atoms with E-state index in [1.165, 1.54) is 23.5 Å². The van der Waals surface area contributed by atoms with Gasteiger partial charge in [-0.25, -0.2) is 13.1 Å². The van der Waals surface area contributed by atoms with E-state index in [4.69, 9.17) is 0 Å². The van der Waals surface area contributed by atoms with Gasteiger partial charge in [0.1, 0.15) is 0 Å². The highest BCUT2D eigenvalue weighted by Crippen LogP contribution is 2.19. The summed E-state index contributed by atoms with van der Waals surface area (Å²) in [4.78, 5) is 11.7. The molecule has 8 heteroatoms. The summed E-state index contributed by atoms with van der Waals surface area (Å²) in [6.07, 6.45) is -0.402. The minimum atomic E-state index is -3.66. The third-order valence-electron chi connectivity index (χ3n) is 3.59. The fourth-order valence-electron chi connectivity index (χ4n) is 2.05. The molecule has 0 aliphatic heterocycles. The number of carbonyl (C=O) groups excluding carboxylic acids is 1. The van der Waals surface area contributed by atoms with Gasteiger partial charge in [-0.15, -0.1) is 0 Å². The van der Waals surface area contributed by atoms with E-state index in [2.05, 4.69) is 10.0 Å². The average Bonchev–Trinajstić information content (AvgIpc) is 3.09. The third-order valence-corrected chi connectivity index (χ3v) is 5.77. The Morgan fingerprint density at radius 1 is 1.20 bits per heavy atom. The van der Waals surface area contributed by atoms with E-state index in [1.807, 2.05) is 16.8 Å². The first-order valence-corrected chi connectivity index (χ1v) is 10.3. The van der Waals surface area contributed by atoms with E-state index in [1.54, 1.807) is 26.0 Å². The molecule has 0 fully saturated rings. The minimum Gasteiger partial charge on any atom is -0.388 e. The molecule has 0 radical (unpaired) electrons. The molecule has 1 atom stereocenters. The molecule has 0 saturated carbocycles. The van der Waals surface area contributed by atoms with Gasteiger partial charge in [-0.05, 0) is 53.1 Å². The fourth-order valence-corrected chi connectivity index (χ4v) is 3.80. The first-order chi connectivity index (χ1) is 11.8. The lowest BCUT2D eigenvalue weighted by molar-refractivity contribution is -0.118. The molecule has 0 unspecified atom stereocenters. The van der Waals surface area contributed by atoms with Crippen LogP contribution in [0.5, 0.6) is 0 Å². The lowest BCUT2D eigenvalue weighted by atomic mass is 10.1. The molecule has 1 heterocycles. The monoisotopic (exact) mass is 382 g/mol. The predicted molar refractivity (Wildman–Crippen MR) is 99.0 cm³/mol. The zero-order valence-corrected chi connectivity index (χ0v) is 15.7. The van der Waals surface area contributed by atoms with E-state index in [-0.39, 0.29) is 23.3 Å². The molecule has 0 bridgehead atoms. The molecule has 2 aromatic rings. The van der Waals surface area contributed by atoms with Crippen LogP contribution in [0.3, 0.4) is 0 Å². The molecule has 0 saturated heterocycles. The number of hydrogen-bond acceptors (Lipinski definition) is 5. The van der Waals surface area contributed by atoms with Crippen molar-refractivity contribution in [2.45, 2.75) is 31.3 Å². The van der Waals surface area contributed by atoms with Crippen molar-refractivity contribution in [1.82, 2.24) is 4.72 Å². The number of sulfonamides is 1. The summed E-state index contributed by atoms with van der Waals surface area (Å²) < 4.78 is 27.0. The summed E-state index contributed by atoms with van der Waals surface area (Å²) >= 11 is 1.48. The Labute approximate surface area is 151 Å². The normalized spacial score (nSPS) is 13.0. The van der Waals surface area contributed by atoms with Gasteiger partial charge in [0, 0.05) is 18.2 Å². The van der Waals surface area contributed by atoms with Gasteiger partial charge in [0.25, 0.3) is 0 Å². The maximum atomic E-state index is 12.3. The van der Waals surface area contributed by atoms with Crippen molar-refractivity contribution >= 4 is 33.0 Å². The molecule has 0 aliphatic carbocycles. The lowest BCUT2D eigenvalue weighted by Gasteiger charge is -2.11. The van der Waals surface area contributed by atoms with Crippen molar-refractivity contribution in [2.24, 2.45) is 5.92 Å². The van der Waals surface area contributed by atoms with Crippen LogP contribution in [0.4, 0.5) is 5.69 Å². The lowest BCUT2D eigenvalue weighted by Crippen LogP contribution is -2.26. The van der Waals surface area contributed by atoms with E-state index in [9.17, 15) is 18.3 Å². The highest BCUT2D eigenvalue weighted by molar-refractivity contribution is 7.89. The number of rotatable bonds is 8. The molecule has 0 aliphatic rings. The van der Waals surface area contributed by atoms with Crippen LogP contribution < -0.4 is 10.0 Å². The van der Waals surface area contributed by atoms with E-state index in [0.717, 1.165) is 5.56 Å². The van der Waals surface area contributed by atoms with Gasteiger partial charge < -0.3 is 10.4 Å². The second kappa shape index (κ2) is 8.57. The first-order valence-electron chi connectivity index (χ1n) is 7.90. The summed E-state index contributed by atoms with van der Waals surface area (Å²) in [5.74, 6) is -0.282. The summed E-state index contributed by atoms with van der Waals surface area (Å²) in [6.45, 7) is 3.69. The number of aliphatic hydroxyl groups is 1. The van der Waals surface area contributed by atoms with Crippen molar-refractivity contribution in [1.29, 1.82) is 0 Å². The Kier molecular flexibility index (Phi) is 6.71. The summed E-state index contributed by atoms with van der Waals surface area (Å²) in [7, 11) is -3.66. The second-order valence-corrected chi connectivity index (χ2v) is 8.47. The number of nitrogens with one attached hydrogen (secondary N) is 2. The Morgan fingerprint density at radius 2 is 1.88 bits per heavy atom. The van der Waals surface area contributed by atoms with Gasteiger partial charge in [-0.3, -0.25) is 4.79 Å². The molecule has 0 spiro atoms. The van der Waals surface area contributed by atoms with Gasteiger partial charge in [0.15, 0.2) is 0 Å². The van der Waals surface area contributed by atoms with E-state index < -0.39 is 16.1 Å². The highest BCUT2D eigenvalue weighted by atomic mass is 32.2. The van der Waals surface area contributed by atoms with Crippen molar-refractivity contribution in [3.8, 4) is 0 Å². The first kappa shape index (κ1) is 19.6. The molecule has 1 aromatic heterocycles. The summed E-state index contributed by atoms with van der Waals surface area (Å²) in [5.41, 5.74) is 1.33. The maximum absolute atomic E-state index is 12.3. The van der Waals surface area contributed by atoms with Crippen LogP contribution in [0.25, 0.3) is 0 Å². The third kappa shape index (κ3) is 5.64. The quantitative estimate of drug-likeness (QED) is 0.654. The summed E-state index contributed by atoms with van der Waals surface area (Å²) in [5, 5.41) is 16.4. The number of benzene rings is 1. The number of carbonyl (C=O) groups is 1.